The number of anilines is 1. The molecular formula is C12H17N3O4. The predicted molar refractivity (Wildman–Crippen MR) is 70.2 cm³/mol. The Balaban J connectivity index is 2.62. The van der Waals surface area contributed by atoms with Gasteiger partial charge in [0.2, 0.25) is 5.82 Å². The van der Waals surface area contributed by atoms with Gasteiger partial charge < -0.3 is 10.4 Å². The summed E-state index contributed by atoms with van der Waals surface area (Å²) in [6.45, 7) is 4.07. The van der Waals surface area contributed by atoms with Gasteiger partial charge in [-0.15, -0.1) is 0 Å². The lowest BCUT2D eigenvalue weighted by Gasteiger charge is -2.12. The maximum absolute atomic E-state index is 10.9. The van der Waals surface area contributed by atoms with Crippen LogP contribution in [-0.2, 0) is 4.79 Å². The van der Waals surface area contributed by atoms with Crippen LogP contribution >= 0.6 is 0 Å². The minimum absolute atomic E-state index is 0.0644. The first-order valence-corrected chi connectivity index (χ1v) is 5.97. The van der Waals surface area contributed by atoms with Gasteiger partial charge in [0, 0.05) is 25.2 Å². The van der Waals surface area contributed by atoms with Crippen molar-refractivity contribution in [1.82, 2.24) is 4.98 Å². The van der Waals surface area contributed by atoms with Crippen LogP contribution in [0, 0.1) is 23.0 Å². The van der Waals surface area contributed by atoms with Crippen molar-refractivity contribution in [1.29, 1.82) is 0 Å². The zero-order chi connectivity index (χ0) is 14.4. The average Bonchev–Trinajstić information content (AvgIpc) is 2.34. The second-order valence-corrected chi connectivity index (χ2v) is 4.56. The SMILES string of the molecule is Cc1cnc(NCC(C)CCC(=O)O)c([N+](=O)[O-])c1. The number of carbonyl (C=O) groups is 1. The van der Waals surface area contributed by atoms with Crippen LogP contribution in [-0.4, -0.2) is 27.5 Å². The van der Waals surface area contributed by atoms with Crippen LogP contribution in [0.25, 0.3) is 0 Å². The lowest BCUT2D eigenvalue weighted by molar-refractivity contribution is -0.384. The molecule has 0 aliphatic heterocycles. The first kappa shape index (κ1) is 14.9. The Hall–Kier alpha value is -2.18. The third-order valence-corrected chi connectivity index (χ3v) is 2.67. The number of carboxylic acids is 1. The van der Waals surface area contributed by atoms with Crippen molar-refractivity contribution in [2.45, 2.75) is 26.7 Å². The Labute approximate surface area is 110 Å². The molecule has 1 unspecified atom stereocenters. The molecule has 7 heteroatoms. The van der Waals surface area contributed by atoms with Crippen LogP contribution < -0.4 is 5.32 Å². The van der Waals surface area contributed by atoms with E-state index in [1.165, 1.54) is 6.07 Å². The molecule has 0 saturated heterocycles. The molecule has 0 bridgehead atoms. The monoisotopic (exact) mass is 267 g/mol. The third kappa shape index (κ3) is 4.90. The summed E-state index contributed by atoms with van der Waals surface area (Å²) in [5.41, 5.74) is 0.654. The molecule has 0 radical (unpaired) electrons. The van der Waals surface area contributed by atoms with Crippen LogP contribution in [0.3, 0.4) is 0 Å². The number of pyridine rings is 1. The molecular weight excluding hydrogens is 250 g/mol. The van der Waals surface area contributed by atoms with Crippen molar-refractivity contribution in [3.63, 3.8) is 0 Å². The van der Waals surface area contributed by atoms with Gasteiger partial charge >= 0.3 is 11.7 Å². The van der Waals surface area contributed by atoms with Crippen molar-refractivity contribution in [2.75, 3.05) is 11.9 Å². The van der Waals surface area contributed by atoms with E-state index >= 15 is 0 Å². The zero-order valence-electron chi connectivity index (χ0n) is 10.9. The van der Waals surface area contributed by atoms with E-state index in [9.17, 15) is 14.9 Å². The number of rotatable bonds is 7. The highest BCUT2D eigenvalue weighted by molar-refractivity contribution is 5.66. The second kappa shape index (κ2) is 6.67. The highest BCUT2D eigenvalue weighted by atomic mass is 16.6. The fraction of sp³-hybridized carbons (Fsp3) is 0.500. The average molecular weight is 267 g/mol. The first-order chi connectivity index (χ1) is 8.90. The predicted octanol–water partition coefficient (Wildman–Crippen LogP) is 2.21. The number of hydrogen-bond donors (Lipinski definition) is 2. The van der Waals surface area contributed by atoms with Crippen LogP contribution in [0.4, 0.5) is 11.5 Å². The number of nitrogens with zero attached hydrogens (tertiary/aromatic N) is 2. The van der Waals surface area contributed by atoms with Gasteiger partial charge in [-0.2, -0.15) is 0 Å². The first-order valence-electron chi connectivity index (χ1n) is 5.97. The van der Waals surface area contributed by atoms with E-state index in [0.717, 1.165) is 5.56 Å². The standard InChI is InChI=1S/C12H17N3O4/c1-8(3-4-11(16)17)6-13-12-10(15(18)19)5-9(2)7-14-12/h5,7-8H,3-4,6H2,1-2H3,(H,13,14)(H,16,17). The van der Waals surface area contributed by atoms with Crippen LogP contribution in [0.2, 0.25) is 0 Å². The molecule has 2 N–H and O–H groups in total. The Morgan fingerprint density at radius 1 is 1.63 bits per heavy atom. The van der Waals surface area contributed by atoms with Gasteiger partial charge in [-0.25, -0.2) is 4.98 Å². The Morgan fingerprint density at radius 2 is 2.32 bits per heavy atom. The summed E-state index contributed by atoms with van der Waals surface area (Å²) in [5, 5.41) is 22.4. The van der Waals surface area contributed by atoms with Gasteiger partial charge in [0.15, 0.2) is 0 Å². The zero-order valence-corrected chi connectivity index (χ0v) is 10.9. The molecule has 0 fully saturated rings. The maximum Gasteiger partial charge on any atom is 0.311 e. The quantitative estimate of drug-likeness (QED) is 0.579. The second-order valence-electron chi connectivity index (χ2n) is 4.56. The van der Waals surface area contributed by atoms with Crippen molar-refractivity contribution in [3.05, 3.63) is 27.9 Å². The van der Waals surface area contributed by atoms with Gasteiger partial charge in [0.1, 0.15) is 0 Å². The molecule has 0 amide bonds. The van der Waals surface area contributed by atoms with Gasteiger partial charge in [0.05, 0.1) is 4.92 Å². The summed E-state index contributed by atoms with van der Waals surface area (Å²) in [5.74, 6) is -0.525. The fourth-order valence-corrected chi connectivity index (χ4v) is 1.57. The van der Waals surface area contributed by atoms with E-state index in [0.29, 0.717) is 13.0 Å². The number of nitro groups is 1. The summed E-state index contributed by atoms with van der Waals surface area (Å²) >= 11 is 0. The lowest BCUT2D eigenvalue weighted by Crippen LogP contribution is -2.14. The van der Waals surface area contributed by atoms with Crippen LogP contribution in [0.15, 0.2) is 12.3 Å². The Bertz CT molecular complexity index is 476. The molecule has 7 nitrogen and oxygen atoms in total. The minimum Gasteiger partial charge on any atom is -0.481 e. The molecule has 0 spiro atoms. The molecule has 0 saturated carbocycles. The van der Waals surface area contributed by atoms with E-state index in [4.69, 9.17) is 5.11 Å². The third-order valence-electron chi connectivity index (χ3n) is 2.67. The molecule has 104 valence electrons. The highest BCUT2D eigenvalue weighted by Gasteiger charge is 2.16. The van der Waals surface area contributed by atoms with Crippen molar-refractivity contribution >= 4 is 17.5 Å². The minimum atomic E-state index is -0.841. The number of aliphatic carboxylic acids is 1. The normalized spacial score (nSPS) is 11.9. The number of nitrogens with one attached hydrogen (secondary N) is 1. The van der Waals surface area contributed by atoms with Crippen LogP contribution in [0.5, 0.6) is 0 Å². The smallest absolute Gasteiger partial charge is 0.311 e. The van der Waals surface area contributed by atoms with E-state index in [-0.39, 0.29) is 23.8 Å². The lowest BCUT2D eigenvalue weighted by atomic mass is 10.1. The van der Waals surface area contributed by atoms with Gasteiger partial charge in [-0.3, -0.25) is 14.9 Å². The van der Waals surface area contributed by atoms with Crippen molar-refractivity contribution in [2.24, 2.45) is 5.92 Å². The number of aromatic nitrogens is 1. The molecule has 1 atom stereocenters. The summed E-state index contributed by atoms with van der Waals surface area (Å²) in [7, 11) is 0. The molecule has 1 aromatic heterocycles. The van der Waals surface area contributed by atoms with E-state index in [1.54, 1.807) is 13.1 Å². The maximum atomic E-state index is 10.9. The van der Waals surface area contributed by atoms with Gasteiger partial charge in [-0.1, -0.05) is 6.92 Å². The van der Waals surface area contributed by atoms with E-state index in [2.05, 4.69) is 10.3 Å². The van der Waals surface area contributed by atoms with Gasteiger partial charge in [0.25, 0.3) is 0 Å². The van der Waals surface area contributed by atoms with Crippen molar-refractivity contribution in [3.8, 4) is 0 Å². The summed E-state index contributed by atoms with van der Waals surface area (Å²) in [6, 6.07) is 1.46. The molecule has 1 rings (SSSR count). The molecule has 1 aromatic rings. The Morgan fingerprint density at radius 3 is 2.89 bits per heavy atom. The Kier molecular flexibility index (Phi) is 5.23. The molecule has 1 heterocycles. The molecule has 0 aliphatic carbocycles. The fourth-order valence-electron chi connectivity index (χ4n) is 1.57. The molecule has 0 aliphatic rings. The largest absolute Gasteiger partial charge is 0.481 e. The number of hydrogen-bond acceptors (Lipinski definition) is 5. The summed E-state index contributed by atoms with van der Waals surface area (Å²) in [4.78, 5) is 24.8. The topological polar surface area (TPSA) is 105 Å². The molecule has 0 aromatic carbocycles. The highest BCUT2D eigenvalue weighted by Crippen LogP contribution is 2.22. The number of carboxylic acid groups (broad SMARTS) is 1. The van der Waals surface area contributed by atoms with Crippen molar-refractivity contribution < 1.29 is 14.8 Å². The summed E-state index contributed by atoms with van der Waals surface area (Å²) < 4.78 is 0. The van der Waals surface area contributed by atoms with E-state index in [1.807, 2.05) is 6.92 Å². The van der Waals surface area contributed by atoms with E-state index < -0.39 is 10.9 Å². The summed E-state index contributed by atoms with van der Waals surface area (Å²) in [6.07, 6.45) is 2.16. The molecule has 19 heavy (non-hydrogen) atoms. The van der Waals surface area contributed by atoms with Gasteiger partial charge in [-0.05, 0) is 24.8 Å². The van der Waals surface area contributed by atoms with Crippen LogP contribution in [0.1, 0.15) is 25.3 Å². The number of aryl methyl sites for hydroxylation is 1.